The van der Waals surface area contributed by atoms with Crippen molar-refractivity contribution in [1.29, 1.82) is 0 Å². The van der Waals surface area contributed by atoms with Gasteiger partial charge in [-0.2, -0.15) is 13.6 Å². The molecule has 0 unspecified atom stereocenters. The summed E-state index contributed by atoms with van der Waals surface area (Å²) in [4.78, 5) is 4.50. The van der Waals surface area contributed by atoms with E-state index in [1.807, 2.05) is 28.8 Å². The van der Waals surface area contributed by atoms with Crippen molar-refractivity contribution in [1.82, 2.24) is 9.55 Å². The summed E-state index contributed by atoms with van der Waals surface area (Å²) in [6.45, 7) is 0.335. The van der Waals surface area contributed by atoms with Crippen LogP contribution in [-0.2, 0) is 16.8 Å². The minimum Gasteiger partial charge on any atom is -0.497 e. The summed E-state index contributed by atoms with van der Waals surface area (Å²) in [6.07, 6.45) is 7.14. The zero-order valence-electron chi connectivity index (χ0n) is 14.5. The Morgan fingerprint density at radius 2 is 1.89 bits per heavy atom. The van der Waals surface area contributed by atoms with Crippen LogP contribution in [0.3, 0.4) is 0 Å². The second-order valence-corrected chi connectivity index (χ2v) is 6.76. The molecular weight excluding hydrogens is 366 g/mol. The summed E-state index contributed by atoms with van der Waals surface area (Å²) in [5.74, 6) is 3.43. The van der Waals surface area contributed by atoms with Crippen LogP contribution in [0.25, 0.3) is 22.5 Å². The lowest BCUT2D eigenvalue weighted by atomic mass is 10.0. The van der Waals surface area contributed by atoms with Crippen LogP contribution in [0.5, 0.6) is 11.5 Å². The topological polar surface area (TPSA) is 96.4 Å². The van der Waals surface area contributed by atoms with E-state index in [4.69, 9.17) is 16.3 Å². The smallest absolute Gasteiger partial charge is 0.380 e. The van der Waals surface area contributed by atoms with Crippen molar-refractivity contribution >= 4 is 10.3 Å². The second-order valence-electron chi connectivity index (χ2n) is 5.61. The number of methoxy groups -OCH3 is 1. The average Bonchev–Trinajstić information content (AvgIpc) is 3.05. The van der Waals surface area contributed by atoms with Crippen molar-refractivity contribution in [2.75, 3.05) is 7.11 Å². The third-order valence-corrected chi connectivity index (χ3v) is 4.21. The third-order valence-electron chi connectivity index (χ3n) is 3.78. The maximum atomic E-state index is 11.1. The number of hydrogen-bond donors (Lipinski definition) is 1. The van der Waals surface area contributed by atoms with E-state index < -0.39 is 10.3 Å². The molecule has 138 valence electrons. The first kappa shape index (κ1) is 18.5. The third kappa shape index (κ3) is 4.28. The molecule has 0 bridgehead atoms. The van der Waals surface area contributed by atoms with Crippen LogP contribution in [0.1, 0.15) is 0 Å². The zero-order chi connectivity index (χ0) is 19.4. The molecular formula is C19H17N3O4S. The molecule has 0 aliphatic carbocycles. The van der Waals surface area contributed by atoms with Crippen LogP contribution in [0.4, 0.5) is 0 Å². The van der Waals surface area contributed by atoms with Crippen molar-refractivity contribution in [3.8, 4) is 46.4 Å². The summed E-state index contributed by atoms with van der Waals surface area (Å²) in [6, 6.07) is 14.0. The monoisotopic (exact) mass is 383 g/mol. The maximum Gasteiger partial charge on any atom is 0.380 e. The number of nitrogens with zero attached hydrogens (tertiary/aromatic N) is 2. The SMILES string of the molecule is C#CCn1cnc(-c2cccc(OC)c2)c1-c1ccc(OS(N)(=O)=O)cc1. The molecule has 0 aliphatic rings. The molecule has 0 fully saturated rings. The Balaban J connectivity index is 2.08. The van der Waals surface area contributed by atoms with Gasteiger partial charge in [0.05, 0.1) is 31.4 Å². The molecule has 0 amide bonds. The number of rotatable bonds is 6. The molecule has 1 heterocycles. The number of terminal acetylenes is 1. The molecule has 0 saturated heterocycles. The highest BCUT2D eigenvalue weighted by Crippen LogP contribution is 2.33. The Morgan fingerprint density at radius 3 is 2.52 bits per heavy atom. The van der Waals surface area contributed by atoms with Gasteiger partial charge >= 0.3 is 10.3 Å². The summed E-state index contributed by atoms with van der Waals surface area (Å²) in [5, 5.41) is 4.89. The van der Waals surface area contributed by atoms with E-state index in [1.54, 1.807) is 25.6 Å². The number of ether oxygens (including phenoxy) is 1. The second kappa shape index (κ2) is 7.53. The summed E-state index contributed by atoms with van der Waals surface area (Å²) >= 11 is 0. The molecule has 3 aromatic rings. The summed E-state index contributed by atoms with van der Waals surface area (Å²) < 4.78 is 33.9. The van der Waals surface area contributed by atoms with Gasteiger partial charge in [0.1, 0.15) is 11.5 Å². The molecule has 0 saturated carbocycles. The number of imidazole rings is 1. The van der Waals surface area contributed by atoms with E-state index in [0.717, 1.165) is 22.5 Å². The molecule has 3 rings (SSSR count). The van der Waals surface area contributed by atoms with Gasteiger partial charge in [-0.3, -0.25) is 0 Å². The van der Waals surface area contributed by atoms with Crippen molar-refractivity contribution in [2.45, 2.75) is 6.54 Å². The Hall–Kier alpha value is -3.28. The normalized spacial score (nSPS) is 11.0. The number of hydrogen-bond acceptors (Lipinski definition) is 5. The van der Waals surface area contributed by atoms with E-state index in [-0.39, 0.29) is 5.75 Å². The first-order valence-corrected chi connectivity index (χ1v) is 9.34. The minimum atomic E-state index is -4.08. The molecule has 0 atom stereocenters. The van der Waals surface area contributed by atoms with Crippen LogP contribution < -0.4 is 14.1 Å². The van der Waals surface area contributed by atoms with Crippen LogP contribution in [-0.4, -0.2) is 25.1 Å². The Morgan fingerprint density at radius 1 is 1.15 bits per heavy atom. The lowest BCUT2D eigenvalue weighted by Crippen LogP contribution is -2.18. The quantitative estimate of drug-likeness (QED) is 0.660. The number of nitrogens with two attached hydrogens (primary N) is 1. The van der Waals surface area contributed by atoms with Crippen molar-refractivity contribution in [3.05, 3.63) is 54.9 Å². The number of benzene rings is 2. The van der Waals surface area contributed by atoms with Crippen molar-refractivity contribution in [2.24, 2.45) is 5.14 Å². The van der Waals surface area contributed by atoms with Crippen LogP contribution in [0.2, 0.25) is 0 Å². The van der Waals surface area contributed by atoms with Gasteiger partial charge in [-0.25, -0.2) is 4.98 Å². The Bertz CT molecular complexity index is 1100. The van der Waals surface area contributed by atoms with Gasteiger partial charge in [0, 0.05) is 11.1 Å². The van der Waals surface area contributed by atoms with E-state index in [9.17, 15) is 8.42 Å². The van der Waals surface area contributed by atoms with Crippen molar-refractivity contribution in [3.63, 3.8) is 0 Å². The van der Waals surface area contributed by atoms with Crippen LogP contribution in [0.15, 0.2) is 54.9 Å². The molecule has 1 aromatic heterocycles. The van der Waals surface area contributed by atoms with Gasteiger partial charge in [0.2, 0.25) is 0 Å². The summed E-state index contributed by atoms with van der Waals surface area (Å²) in [5.41, 5.74) is 3.18. The standard InChI is InChI=1S/C19H17N3O4S/c1-3-11-22-13-21-18(15-5-4-6-17(12-15)25-2)19(22)14-7-9-16(10-8-14)26-27(20,23)24/h1,4-10,12-13H,11H2,2H3,(H2,20,23,24). The molecule has 2 N–H and O–H groups in total. The van der Waals surface area contributed by atoms with Gasteiger partial charge < -0.3 is 13.5 Å². The van der Waals surface area contributed by atoms with Crippen LogP contribution in [0, 0.1) is 12.3 Å². The lowest BCUT2D eigenvalue weighted by molar-refractivity contribution is 0.415. The van der Waals surface area contributed by atoms with E-state index >= 15 is 0 Å². The first-order valence-electron chi connectivity index (χ1n) is 7.87. The molecule has 2 aromatic carbocycles. The van der Waals surface area contributed by atoms with Gasteiger partial charge in [0.15, 0.2) is 0 Å². The largest absolute Gasteiger partial charge is 0.497 e. The Kier molecular flexibility index (Phi) is 5.16. The highest BCUT2D eigenvalue weighted by Gasteiger charge is 2.16. The summed E-state index contributed by atoms with van der Waals surface area (Å²) in [7, 11) is -2.48. The zero-order valence-corrected chi connectivity index (χ0v) is 15.3. The van der Waals surface area contributed by atoms with E-state index in [0.29, 0.717) is 12.3 Å². The predicted octanol–water partition coefficient (Wildman–Crippen LogP) is 2.44. The highest BCUT2D eigenvalue weighted by molar-refractivity contribution is 7.84. The fourth-order valence-corrected chi connectivity index (χ4v) is 3.07. The molecule has 0 radical (unpaired) electrons. The van der Waals surface area contributed by atoms with E-state index in [1.165, 1.54) is 12.1 Å². The molecule has 0 aliphatic heterocycles. The highest BCUT2D eigenvalue weighted by atomic mass is 32.2. The lowest BCUT2D eigenvalue weighted by Gasteiger charge is -2.10. The van der Waals surface area contributed by atoms with Gasteiger partial charge in [-0.15, -0.1) is 6.42 Å². The average molecular weight is 383 g/mol. The van der Waals surface area contributed by atoms with Crippen molar-refractivity contribution < 1.29 is 17.3 Å². The molecule has 27 heavy (non-hydrogen) atoms. The predicted molar refractivity (Wildman–Crippen MR) is 102 cm³/mol. The van der Waals surface area contributed by atoms with Gasteiger partial charge in [0.25, 0.3) is 0 Å². The Labute approximate surface area is 157 Å². The van der Waals surface area contributed by atoms with E-state index in [2.05, 4.69) is 15.1 Å². The fourth-order valence-electron chi connectivity index (χ4n) is 2.69. The fraction of sp³-hybridized carbons (Fsp3) is 0.105. The molecule has 8 heteroatoms. The molecule has 0 spiro atoms. The maximum absolute atomic E-state index is 11.1. The number of aromatic nitrogens is 2. The van der Waals surface area contributed by atoms with Crippen LogP contribution >= 0.6 is 0 Å². The molecule has 7 nitrogen and oxygen atoms in total. The minimum absolute atomic E-state index is 0.118. The van der Waals surface area contributed by atoms with Gasteiger partial charge in [-0.05, 0) is 36.4 Å². The first-order chi connectivity index (χ1) is 12.9. The van der Waals surface area contributed by atoms with Gasteiger partial charge in [-0.1, -0.05) is 18.1 Å².